The third-order valence-electron chi connectivity index (χ3n) is 2.56. The lowest BCUT2D eigenvalue weighted by atomic mass is 10.2. The maximum atomic E-state index is 11.6. The molecule has 0 saturated carbocycles. The number of nitrogens with one attached hydrogen (secondary N) is 1. The molecule has 0 aliphatic carbocycles. The topological polar surface area (TPSA) is 63.8 Å². The van der Waals surface area contributed by atoms with Crippen molar-refractivity contribution in [3.63, 3.8) is 0 Å². The summed E-state index contributed by atoms with van der Waals surface area (Å²) in [6, 6.07) is 7.69. The zero-order chi connectivity index (χ0) is 11.7. The van der Waals surface area contributed by atoms with Crippen LogP contribution in [0.1, 0.15) is 11.3 Å². The van der Waals surface area contributed by atoms with Gasteiger partial charge in [-0.2, -0.15) is 0 Å². The van der Waals surface area contributed by atoms with Crippen LogP contribution >= 0.6 is 15.9 Å². The van der Waals surface area contributed by atoms with Crippen LogP contribution < -0.4 is 11.3 Å². The first-order chi connectivity index (χ1) is 7.65. The molecule has 0 atom stereocenters. The van der Waals surface area contributed by atoms with E-state index >= 15 is 0 Å². The molecule has 0 radical (unpaired) electrons. The highest BCUT2D eigenvalue weighted by atomic mass is 79.9. The smallest absolute Gasteiger partial charge is 0.269 e. The number of nitrogens with two attached hydrogens (primary N) is 1. The minimum Gasteiger partial charge on any atom is -0.326 e. The Morgan fingerprint density at radius 1 is 1.44 bits per heavy atom. The Labute approximate surface area is 101 Å². The van der Waals surface area contributed by atoms with E-state index in [0.29, 0.717) is 5.56 Å². The first kappa shape index (κ1) is 11.2. The molecule has 2 aromatic rings. The number of rotatable bonds is 2. The minimum atomic E-state index is -0.129. The van der Waals surface area contributed by atoms with Gasteiger partial charge in [-0.1, -0.05) is 12.1 Å². The number of aromatic amines is 1. The van der Waals surface area contributed by atoms with Gasteiger partial charge < -0.3 is 5.73 Å². The van der Waals surface area contributed by atoms with Crippen LogP contribution in [0.4, 0.5) is 0 Å². The minimum absolute atomic E-state index is 0.129. The van der Waals surface area contributed by atoms with Crippen LogP contribution in [0.25, 0.3) is 5.69 Å². The SMILES string of the molecule is Cc1c(CN)c(=O)[nH]n1-c1ccccc1Br. The van der Waals surface area contributed by atoms with Gasteiger partial charge in [0.05, 0.1) is 11.3 Å². The maximum Gasteiger partial charge on any atom is 0.269 e. The number of hydrogen-bond donors (Lipinski definition) is 2. The van der Waals surface area contributed by atoms with Gasteiger partial charge in [-0.3, -0.25) is 14.6 Å². The lowest BCUT2D eigenvalue weighted by Gasteiger charge is -2.07. The molecule has 0 amide bonds. The summed E-state index contributed by atoms with van der Waals surface area (Å²) in [6.07, 6.45) is 0. The molecule has 3 N–H and O–H groups in total. The van der Waals surface area contributed by atoms with Crippen molar-refractivity contribution in [3.05, 3.63) is 50.3 Å². The van der Waals surface area contributed by atoms with Gasteiger partial charge in [-0.25, -0.2) is 0 Å². The summed E-state index contributed by atoms with van der Waals surface area (Å²) in [5.41, 5.74) is 7.77. The number of halogens is 1. The fraction of sp³-hybridized carbons (Fsp3) is 0.182. The molecule has 5 heteroatoms. The maximum absolute atomic E-state index is 11.6. The second-order valence-electron chi connectivity index (χ2n) is 3.50. The zero-order valence-electron chi connectivity index (χ0n) is 8.83. The summed E-state index contributed by atoms with van der Waals surface area (Å²) in [4.78, 5) is 11.6. The second-order valence-corrected chi connectivity index (χ2v) is 4.35. The van der Waals surface area contributed by atoms with Crippen molar-refractivity contribution in [2.75, 3.05) is 0 Å². The lowest BCUT2D eigenvalue weighted by molar-refractivity contribution is 0.829. The van der Waals surface area contributed by atoms with E-state index in [4.69, 9.17) is 5.73 Å². The first-order valence-electron chi connectivity index (χ1n) is 4.90. The second kappa shape index (κ2) is 4.27. The van der Waals surface area contributed by atoms with Crippen molar-refractivity contribution in [2.45, 2.75) is 13.5 Å². The molecule has 0 aliphatic rings. The number of hydrogen-bond acceptors (Lipinski definition) is 2. The van der Waals surface area contributed by atoms with Gasteiger partial charge in [0.2, 0.25) is 0 Å². The van der Waals surface area contributed by atoms with E-state index in [-0.39, 0.29) is 12.1 Å². The van der Waals surface area contributed by atoms with E-state index in [1.807, 2.05) is 31.2 Å². The average Bonchev–Trinajstić information content (AvgIpc) is 2.55. The Morgan fingerprint density at radius 2 is 2.12 bits per heavy atom. The van der Waals surface area contributed by atoms with Gasteiger partial charge in [0.1, 0.15) is 0 Å². The summed E-state index contributed by atoms with van der Waals surface area (Å²) < 4.78 is 2.67. The first-order valence-corrected chi connectivity index (χ1v) is 5.70. The molecular weight excluding hydrogens is 270 g/mol. The highest BCUT2D eigenvalue weighted by Crippen LogP contribution is 2.21. The van der Waals surface area contributed by atoms with E-state index in [2.05, 4.69) is 21.0 Å². The molecule has 0 fully saturated rings. The highest BCUT2D eigenvalue weighted by molar-refractivity contribution is 9.10. The number of H-pyrrole nitrogens is 1. The van der Waals surface area contributed by atoms with Crippen LogP contribution in [0.2, 0.25) is 0 Å². The monoisotopic (exact) mass is 281 g/mol. The highest BCUT2D eigenvalue weighted by Gasteiger charge is 2.11. The average molecular weight is 282 g/mol. The van der Waals surface area contributed by atoms with E-state index in [1.165, 1.54) is 0 Å². The van der Waals surface area contributed by atoms with Crippen LogP contribution in [0.5, 0.6) is 0 Å². The van der Waals surface area contributed by atoms with Crippen molar-refractivity contribution in [1.82, 2.24) is 9.78 Å². The number of benzene rings is 1. The summed E-state index contributed by atoms with van der Waals surface area (Å²) in [5.74, 6) is 0. The Hall–Kier alpha value is -1.33. The van der Waals surface area contributed by atoms with Gasteiger partial charge in [-0.15, -0.1) is 0 Å². The van der Waals surface area contributed by atoms with Crippen molar-refractivity contribution < 1.29 is 0 Å². The third-order valence-corrected chi connectivity index (χ3v) is 3.23. The Balaban J connectivity index is 2.66. The Morgan fingerprint density at radius 3 is 2.69 bits per heavy atom. The van der Waals surface area contributed by atoms with E-state index in [9.17, 15) is 4.79 Å². The van der Waals surface area contributed by atoms with Gasteiger partial charge in [0, 0.05) is 16.7 Å². The van der Waals surface area contributed by atoms with Crippen LogP contribution in [-0.2, 0) is 6.54 Å². The molecule has 4 nitrogen and oxygen atoms in total. The van der Waals surface area contributed by atoms with Gasteiger partial charge >= 0.3 is 0 Å². The van der Waals surface area contributed by atoms with Gasteiger partial charge in [-0.05, 0) is 35.0 Å². The van der Waals surface area contributed by atoms with Crippen LogP contribution in [0, 0.1) is 6.92 Å². The zero-order valence-corrected chi connectivity index (χ0v) is 10.4. The van der Waals surface area contributed by atoms with Gasteiger partial charge in [0.15, 0.2) is 0 Å². The third kappa shape index (κ3) is 1.72. The molecule has 84 valence electrons. The summed E-state index contributed by atoms with van der Waals surface area (Å²) in [5, 5.41) is 2.77. The summed E-state index contributed by atoms with van der Waals surface area (Å²) in [7, 11) is 0. The molecule has 1 aromatic carbocycles. The van der Waals surface area contributed by atoms with Crippen molar-refractivity contribution in [1.29, 1.82) is 0 Å². The molecule has 0 saturated heterocycles. The standard InChI is InChI=1S/C11H12BrN3O/c1-7-8(6-13)11(16)14-15(7)10-5-3-2-4-9(10)12/h2-5H,6,13H2,1H3,(H,14,16). The molecule has 0 aliphatic heterocycles. The molecule has 2 rings (SSSR count). The Kier molecular flexibility index (Phi) is 2.98. The van der Waals surface area contributed by atoms with Crippen molar-refractivity contribution in [3.8, 4) is 5.69 Å². The molecule has 16 heavy (non-hydrogen) atoms. The van der Waals surface area contributed by atoms with E-state index in [0.717, 1.165) is 15.9 Å². The predicted octanol–water partition coefficient (Wildman–Crippen LogP) is 1.70. The largest absolute Gasteiger partial charge is 0.326 e. The lowest BCUT2D eigenvalue weighted by Crippen LogP contribution is -2.10. The summed E-state index contributed by atoms with van der Waals surface area (Å²) in [6.45, 7) is 2.12. The van der Waals surface area contributed by atoms with Gasteiger partial charge in [0.25, 0.3) is 5.56 Å². The van der Waals surface area contributed by atoms with Crippen molar-refractivity contribution in [2.24, 2.45) is 5.73 Å². The molecule has 0 bridgehead atoms. The van der Waals surface area contributed by atoms with Crippen LogP contribution in [0.15, 0.2) is 33.5 Å². The van der Waals surface area contributed by atoms with Crippen LogP contribution in [-0.4, -0.2) is 9.78 Å². The fourth-order valence-corrected chi connectivity index (χ4v) is 2.13. The molecule has 1 heterocycles. The molecule has 0 spiro atoms. The number of nitrogens with zero attached hydrogens (tertiary/aromatic N) is 1. The number of para-hydroxylation sites is 1. The normalized spacial score (nSPS) is 10.7. The Bertz CT molecular complexity index is 571. The molecular formula is C11H12BrN3O. The molecule has 0 unspecified atom stereocenters. The molecule has 1 aromatic heterocycles. The van der Waals surface area contributed by atoms with E-state index < -0.39 is 0 Å². The number of aromatic nitrogens is 2. The summed E-state index contributed by atoms with van der Waals surface area (Å²) >= 11 is 3.45. The predicted molar refractivity (Wildman–Crippen MR) is 66.7 cm³/mol. The van der Waals surface area contributed by atoms with Crippen molar-refractivity contribution >= 4 is 15.9 Å². The van der Waals surface area contributed by atoms with Crippen LogP contribution in [0.3, 0.4) is 0 Å². The fourth-order valence-electron chi connectivity index (χ4n) is 1.67. The quantitative estimate of drug-likeness (QED) is 0.880. The van der Waals surface area contributed by atoms with E-state index in [1.54, 1.807) is 4.68 Å².